The Labute approximate surface area is 92.7 Å². The van der Waals surface area contributed by atoms with Gasteiger partial charge in [-0.25, -0.2) is 4.98 Å². The maximum atomic E-state index is 5.35. The minimum atomic E-state index is 0.449. The molecule has 0 aliphatic carbocycles. The van der Waals surface area contributed by atoms with E-state index in [1.54, 1.807) is 7.11 Å². The molecule has 1 rings (SSSR count). The monoisotopic (exact) mass is 207 g/mol. The van der Waals surface area contributed by atoms with Gasteiger partial charge in [-0.05, 0) is 24.3 Å². The summed E-state index contributed by atoms with van der Waals surface area (Å²) in [6, 6.07) is 4.25. The second kappa shape index (κ2) is 5.15. The number of ether oxygens (including phenoxy) is 1. The molecule has 1 unspecified atom stereocenters. The lowest BCUT2D eigenvalue weighted by Crippen LogP contribution is -2.02. The summed E-state index contributed by atoms with van der Waals surface area (Å²) in [5.74, 6) is 1.74. The zero-order valence-electron chi connectivity index (χ0n) is 10.4. The van der Waals surface area contributed by atoms with Gasteiger partial charge in [0.25, 0.3) is 0 Å². The molecule has 0 bridgehead atoms. The minimum Gasteiger partial charge on any atom is -0.481 e. The number of hydrogen-bond acceptors (Lipinski definition) is 2. The van der Waals surface area contributed by atoms with E-state index in [4.69, 9.17) is 4.74 Å². The molecule has 84 valence electrons. The fourth-order valence-corrected chi connectivity index (χ4v) is 1.55. The predicted octanol–water partition coefficient (Wildman–Crippen LogP) is 3.73. The molecular weight excluding hydrogens is 186 g/mol. The van der Waals surface area contributed by atoms with Crippen molar-refractivity contribution in [3.8, 4) is 5.88 Å². The van der Waals surface area contributed by atoms with Crippen LogP contribution in [0.25, 0.3) is 0 Å². The first-order valence-corrected chi connectivity index (χ1v) is 5.65. The van der Waals surface area contributed by atoms with Gasteiger partial charge in [0, 0.05) is 11.3 Å². The van der Waals surface area contributed by atoms with Crippen molar-refractivity contribution in [1.29, 1.82) is 0 Å². The summed E-state index contributed by atoms with van der Waals surface area (Å²) in [4.78, 5) is 4.54. The van der Waals surface area contributed by atoms with E-state index in [1.165, 1.54) is 5.56 Å². The van der Waals surface area contributed by atoms with E-state index in [1.807, 2.05) is 0 Å². The number of nitrogens with zero attached hydrogens (tertiary/aromatic N) is 1. The summed E-state index contributed by atoms with van der Waals surface area (Å²) in [5, 5.41) is 0. The van der Waals surface area contributed by atoms with Crippen molar-refractivity contribution in [2.45, 2.75) is 46.0 Å². The maximum absolute atomic E-state index is 5.35. The highest BCUT2D eigenvalue weighted by atomic mass is 16.5. The Kier molecular flexibility index (Phi) is 4.13. The topological polar surface area (TPSA) is 22.1 Å². The molecule has 0 radical (unpaired) electrons. The molecule has 0 aliphatic heterocycles. The van der Waals surface area contributed by atoms with E-state index >= 15 is 0 Å². The summed E-state index contributed by atoms with van der Waals surface area (Å²) in [6.45, 7) is 8.67. The Hall–Kier alpha value is -1.05. The standard InChI is InChI=1S/C13H21NO/c1-6-10(4)11-7-8-12(9(2)3)14-13(11)15-5/h7-10H,6H2,1-5H3. The van der Waals surface area contributed by atoms with Crippen molar-refractivity contribution in [3.05, 3.63) is 23.4 Å². The lowest BCUT2D eigenvalue weighted by Gasteiger charge is -2.15. The number of rotatable bonds is 4. The number of methoxy groups -OCH3 is 1. The number of aromatic nitrogens is 1. The molecule has 2 nitrogen and oxygen atoms in total. The van der Waals surface area contributed by atoms with E-state index in [0.717, 1.165) is 18.0 Å². The largest absolute Gasteiger partial charge is 0.481 e. The summed E-state index contributed by atoms with van der Waals surface area (Å²) < 4.78 is 5.35. The fraction of sp³-hybridized carbons (Fsp3) is 0.615. The predicted molar refractivity (Wildman–Crippen MR) is 63.6 cm³/mol. The van der Waals surface area contributed by atoms with Gasteiger partial charge < -0.3 is 4.74 Å². The van der Waals surface area contributed by atoms with Crippen LogP contribution in [0.15, 0.2) is 12.1 Å². The van der Waals surface area contributed by atoms with Gasteiger partial charge in [-0.15, -0.1) is 0 Å². The molecule has 15 heavy (non-hydrogen) atoms. The third-order valence-electron chi connectivity index (χ3n) is 2.84. The number of hydrogen-bond donors (Lipinski definition) is 0. The molecule has 0 fully saturated rings. The van der Waals surface area contributed by atoms with E-state index in [2.05, 4.69) is 44.8 Å². The molecular formula is C13H21NO. The van der Waals surface area contributed by atoms with Crippen molar-refractivity contribution >= 4 is 0 Å². The van der Waals surface area contributed by atoms with E-state index in [-0.39, 0.29) is 0 Å². The average molecular weight is 207 g/mol. The Bertz CT molecular complexity index is 320. The van der Waals surface area contributed by atoms with Gasteiger partial charge in [0.2, 0.25) is 5.88 Å². The maximum Gasteiger partial charge on any atom is 0.216 e. The van der Waals surface area contributed by atoms with Crippen LogP contribution in [0.5, 0.6) is 5.88 Å². The fourth-order valence-electron chi connectivity index (χ4n) is 1.55. The van der Waals surface area contributed by atoms with Crippen molar-refractivity contribution in [2.24, 2.45) is 0 Å². The molecule has 0 amide bonds. The van der Waals surface area contributed by atoms with E-state index in [9.17, 15) is 0 Å². The molecule has 1 aromatic rings. The van der Waals surface area contributed by atoms with Crippen molar-refractivity contribution in [1.82, 2.24) is 4.98 Å². The molecule has 2 heteroatoms. The van der Waals surface area contributed by atoms with Crippen LogP contribution in [0.1, 0.15) is 57.2 Å². The molecule has 0 aliphatic rings. The SMILES string of the molecule is CCC(C)c1ccc(C(C)C)nc1OC. The van der Waals surface area contributed by atoms with Gasteiger partial charge in [0.15, 0.2) is 0 Å². The summed E-state index contributed by atoms with van der Waals surface area (Å²) in [5.41, 5.74) is 2.31. The summed E-state index contributed by atoms with van der Waals surface area (Å²) in [7, 11) is 1.69. The lowest BCUT2D eigenvalue weighted by atomic mass is 9.98. The zero-order valence-corrected chi connectivity index (χ0v) is 10.4. The highest BCUT2D eigenvalue weighted by Crippen LogP contribution is 2.28. The molecule has 1 atom stereocenters. The van der Waals surface area contributed by atoms with Gasteiger partial charge in [-0.2, -0.15) is 0 Å². The lowest BCUT2D eigenvalue weighted by molar-refractivity contribution is 0.386. The number of pyridine rings is 1. The second-order valence-corrected chi connectivity index (χ2v) is 4.30. The molecule has 0 N–H and O–H groups in total. The first-order chi connectivity index (χ1) is 7.10. The molecule has 0 aromatic carbocycles. The van der Waals surface area contributed by atoms with Gasteiger partial charge >= 0.3 is 0 Å². The zero-order chi connectivity index (χ0) is 11.4. The smallest absolute Gasteiger partial charge is 0.216 e. The minimum absolute atomic E-state index is 0.449. The summed E-state index contributed by atoms with van der Waals surface area (Å²) in [6.07, 6.45) is 1.11. The molecule has 0 saturated carbocycles. The van der Waals surface area contributed by atoms with Crippen molar-refractivity contribution in [2.75, 3.05) is 7.11 Å². The van der Waals surface area contributed by atoms with E-state index in [0.29, 0.717) is 11.8 Å². The van der Waals surface area contributed by atoms with Gasteiger partial charge in [0.05, 0.1) is 7.11 Å². The van der Waals surface area contributed by atoms with Gasteiger partial charge in [0.1, 0.15) is 0 Å². The quantitative estimate of drug-likeness (QED) is 0.750. The first kappa shape index (κ1) is 12.0. The average Bonchev–Trinajstić information content (AvgIpc) is 2.27. The second-order valence-electron chi connectivity index (χ2n) is 4.30. The summed E-state index contributed by atoms with van der Waals surface area (Å²) >= 11 is 0. The Morgan fingerprint density at radius 1 is 1.27 bits per heavy atom. The highest BCUT2D eigenvalue weighted by molar-refractivity contribution is 5.32. The van der Waals surface area contributed by atoms with E-state index < -0.39 is 0 Å². The Morgan fingerprint density at radius 2 is 1.93 bits per heavy atom. The Morgan fingerprint density at radius 3 is 2.40 bits per heavy atom. The van der Waals surface area contributed by atoms with Crippen LogP contribution in [0, 0.1) is 0 Å². The van der Waals surface area contributed by atoms with Crippen LogP contribution in [0.3, 0.4) is 0 Å². The van der Waals surface area contributed by atoms with Crippen molar-refractivity contribution in [3.63, 3.8) is 0 Å². The van der Waals surface area contributed by atoms with Gasteiger partial charge in [-0.1, -0.05) is 33.8 Å². The van der Waals surface area contributed by atoms with Crippen molar-refractivity contribution < 1.29 is 4.74 Å². The molecule has 0 saturated heterocycles. The third-order valence-corrected chi connectivity index (χ3v) is 2.84. The van der Waals surface area contributed by atoms with Crippen LogP contribution < -0.4 is 4.74 Å². The van der Waals surface area contributed by atoms with Crippen LogP contribution in [0.2, 0.25) is 0 Å². The van der Waals surface area contributed by atoms with Crippen LogP contribution in [-0.4, -0.2) is 12.1 Å². The molecule has 1 heterocycles. The molecule has 1 aromatic heterocycles. The van der Waals surface area contributed by atoms with Crippen LogP contribution in [-0.2, 0) is 0 Å². The molecule has 0 spiro atoms. The van der Waals surface area contributed by atoms with Crippen LogP contribution >= 0.6 is 0 Å². The van der Waals surface area contributed by atoms with Crippen LogP contribution in [0.4, 0.5) is 0 Å². The first-order valence-electron chi connectivity index (χ1n) is 5.65. The third kappa shape index (κ3) is 2.71. The highest BCUT2D eigenvalue weighted by Gasteiger charge is 2.12. The van der Waals surface area contributed by atoms with Gasteiger partial charge in [-0.3, -0.25) is 0 Å². The Balaban J connectivity index is 3.09. The normalized spacial score (nSPS) is 12.9.